The van der Waals surface area contributed by atoms with E-state index < -0.39 is 17.9 Å². The zero-order chi connectivity index (χ0) is 18.8. The lowest BCUT2D eigenvalue weighted by atomic mass is 10.1. The number of halogens is 1. The molecule has 2 aromatic carbocycles. The summed E-state index contributed by atoms with van der Waals surface area (Å²) >= 11 is 6.05. The van der Waals surface area contributed by atoms with Gasteiger partial charge in [0.05, 0.1) is 5.69 Å². The highest BCUT2D eigenvalue weighted by Gasteiger charge is 2.38. The minimum Gasteiger partial charge on any atom is -0.480 e. The second kappa shape index (κ2) is 7.22. The number of rotatable bonds is 4. The summed E-state index contributed by atoms with van der Waals surface area (Å²) in [5.41, 5.74) is 2.20. The van der Waals surface area contributed by atoms with Gasteiger partial charge in [-0.1, -0.05) is 48.4 Å². The van der Waals surface area contributed by atoms with Crippen LogP contribution in [-0.2, 0) is 9.59 Å². The molecule has 1 aliphatic rings. The molecule has 0 bridgehead atoms. The van der Waals surface area contributed by atoms with Crippen molar-refractivity contribution < 1.29 is 19.4 Å². The summed E-state index contributed by atoms with van der Waals surface area (Å²) < 4.78 is 5.77. The molecule has 1 heterocycles. The molecular weight excluding hydrogens is 354 g/mol. The summed E-state index contributed by atoms with van der Waals surface area (Å²) in [6.45, 7) is 3.67. The predicted molar refractivity (Wildman–Crippen MR) is 100 cm³/mol. The SMILES string of the molecule is CCC(C(=O)O)N1C(=O)/C(=C\c2cccc(C)c2)Oc2ccc(Cl)cc21. The molecule has 0 saturated carbocycles. The number of amides is 1. The summed E-state index contributed by atoms with van der Waals surface area (Å²) in [6, 6.07) is 11.4. The number of hydrogen-bond donors (Lipinski definition) is 1. The minimum atomic E-state index is -1.08. The normalized spacial score (nSPS) is 16.2. The third-order valence-electron chi connectivity index (χ3n) is 4.15. The van der Waals surface area contributed by atoms with Crippen LogP contribution >= 0.6 is 11.6 Å². The van der Waals surface area contributed by atoms with Crippen molar-refractivity contribution >= 4 is 35.2 Å². The third-order valence-corrected chi connectivity index (χ3v) is 4.39. The minimum absolute atomic E-state index is 0.0742. The Kier molecular flexibility index (Phi) is 5.00. The molecule has 1 amide bonds. The van der Waals surface area contributed by atoms with Gasteiger partial charge >= 0.3 is 5.97 Å². The fraction of sp³-hybridized carbons (Fsp3) is 0.200. The number of nitrogens with zero attached hydrogens (tertiary/aromatic N) is 1. The van der Waals surface area contributed by atoms with Gasteiger partial charge in [0, 0.05) is 5.02 Å². The molecule has 1 atom stereocenters. The summed E-state index contributed by atoms with van der Waals surface area (Å²) in [4.78, 5) is 26.0. The van der Waals surface area contributed by atoms with Crippen molar-refractivity contribution in [3.05, 3.63) is 64.4 Å². The highest BCUT2D eigenvalue weighted by atomic mass is 35.5. The molecule has 6 heteroatoms. The van der Waals surface area contributed by atoms with Gasteiger partial charge in [-0.05, 0) is 43.2 Å². The molecule has 1 N–H and O–H groups in total. The first-order valence-corrected chi connectivity index (χ1v) is 8.60. The van der Waals surface area contributed by atoms with E-state index in [1.54, 1.807) is 31.2 Å². The van der Waals surface area contributed by atoms with Crippen LogP contribution in [0.15, 0.2) is 48.2 Å². The van der Waals surface area contributed by atoms with Gasteiger partial charge in [-0.2, -0.15) is 0 Å². The average molecular weight is 372 g/mol. The van der Waals surface area contributed by atoms with Crippen molar-refractivity contribution in [1.29, 1.82) is 0 Å². The van der Waals surface area contributed by atoms with Crippen LogP contribution in [-0.4, -0.2) is 23.0 Å². The molecule has 0 saturated heterocycles. The highest BCUT2D eigenvalue weighted by Crippen LogP contribution is 2.39. The Balaban J connectivity index is 2.12. The molecule has 0 spiro atoms. The molecule has 1 aliphatic heterocycles. The van der Waals surface area contributed by atoms with Gasteiger partial charge in [0.1, 0.15) is 6.04 Å². The van der Waals surface area contributed by atoms with E-state index in [0.29, 0.717) is 16.5 Å². The quantitative estimate of drug-likeness (QED) is 0.814. The van der Waals surface area contributed by atoms with Gasteiger partial charge in [-0.25, -0.2) is 4.79 Å². The Labute approximate surface area is 156 Å². The highest BCUT2D eigenvalue weighted by molar-refractivity contribution is 6.31. The zero-order valence-corrected chi connectivity index (χ0v) is 15.2. The number of carboxylic acids is 1. The van der Waals surface area contributed by atoms with Crippen LogP contribution in [0.25, 0.3) is 6.08 Å². The third kappa shape index (κ3) is 3.44. The number of carboxylic acid groups (broad SMARTS) is 1. The Hall–Kier alpha value is -2.79. The predicted octanol–water partition coefficient (Wildman–Crippen LogP) is 4.28. The summed E-state index contributed by atoms with van der Waals surface area (Å²) in [6.07, 6.45) is 1.87. The first kappa shape index (κ1) is 18.0. The molecule has 26 heavy (non-hydrogen) atoms. The van der Waals surface area contributed by atoms with Crippen molar-refractivity contribution in [1.82, 2.24) is 0 Å². The lowest BCUT2D eigenvalue weighted by Gasteiger charge is -2.34. The molecule has 134 valence electrons. The maximum Gasteiger partial charge on any atom is 0.326 e. The van der Waals surface area contributed by atoms with Crippen LogP contribution in [0.5, 0.6) is 5.75 Å². The molecule has 3 rings (SSSR count). The molecule has 5 nitrogen and oxygen atoms in total. The van der Waals surface area contributed by atoms with E-state index in [-0.39, 0.29) is 12.2 Å². The maximum absolute atomic E-state index is 13.0. The Bertz CT molecular complexity index is 906. The molecule has 2 aromatic rings. The van der Waals surface area contributed by atoms with Crippen LogP contribution in [0.4, 0.5) is 5.69 Å². The molecular formula is C20H18ClNO4. The summed E-state index contributed by atoms with van der Waals surface area (Å²) in [5, 5.41) is 9.96. The van der Waals surface area contributed by atoms with E-state index in [4.69, 9.17) is 16.3 Å². The second-order valence-electron chi connectivity index (χ2n) is 6.07. The number of carbonyl (C=O) groups is 2. The number of aryl methyl sites for hydroxylation is 1. The van der Waals surface area contributed by atoms with Gasteiger partial charge in [0.15, 0.2) is 11.5 Å². The van der Waals surface area contributed by atoms with Crippen molar-refractivity contribution in [2.45, 2.75) is 26.3 Å². The van der Waals surface area contributed by atoms with Gasteiger partial charge in [0.2, 0.25) is 0 Å². The monoisotopic (exact) mass is 371 g/mol. The lowest BCUT2D eigenvalue weighted by molar-refractivity contribution is -0.140. The number of hydrogen-bond acceptors (Lipinski definition) is 3. The standard InChI is InChI=1S/C20H18ClNO4/c1-3-15(20(24)25)22-16-11-14(21)7-8-17(16)26-18(19(22)23)10-13-6-4-5-12(2)9-13/h4-11,15H,3H2,1-2H3,(H,24,25)/b18-10+. The fourth-order valence-corrected chi connectivity index (χ4v) is 3.10. The molecule has 0 aromatic heterocycles. The number of anilines is 1. The smallest absolute Gasteiger partial charge is 0.326 e. The molecule has 0 fully saturated rings. The number of ether oxygens (including phenoxy) is 1. The number of aliphatic carboxylic acids is 1. The van der Waals surface area contributed by atoms with E-state index in [1.807, 2.05) is 31.2 Å². The topological polar surface area (TPSA) is 66.8 Å². The van der Waals surface area contributed by atoms with Crippen LogP contribution < -0.4 is 9.64 Å². The van der Waals surface area contributed by atoms with Crippen LogP contribution in [0.2, 0.25) is 5.02 Å². The Morgan fingerprint density at radius 3 is 2.73 bits per heavy atom. The van der Waals surface area contributed by atoms with Gasteiger partial charge < -0.3 is 9.84 Å². The first-order chi connectivity index (χ1) is 12.4. The van der Waals surface area contributed by atoms with E-state index in [1.165, 1.54) is 4.90 Å². The Morgan fingerprint density at radius 2 is 2.08 bits per heavy atom. The van der Waals surface area contributed by atoms with Gasteiger partial charge in [0.25, 0.3) is 5.91 Å². The van der Waals surface area contributed by atoms with E-state index in [9.17, 15) is 14.7 Å². The van der Waals surface area contributed by atoms with Crippen molar-refractivity contribution in [2.24, 2.45) is 0 Å². The van der Waals surface area contributed by atoms with Crippen molar-refractivity contribution in [3.63, 3.8) is 0 Å². The molecule has 0 radical (unpaired) electrons. The largest absolute Gasteiger partial charge is 0.480 e. The van der Waals surface area contributed by atoms with E-state index >= 15 is 0 Å². The second-order valence-corrected chi connectivity index (χ2v) is 6.51. The molecule has 0 aliphatic carbocycles. The van der Waals surface area contributed by atoms with Gasteiger partial charge in [-0.3, -0.25) is 9.69 Å². The number of carbonyl (C=O) groups excluding carboxylic acids is 1. The van der Waals surface area contributed by atoms with Crippen LogP contribution in [0.1, 0.15) is 24.5 Å². The number of fused-ring (bicyclic) bond motifs is 1. The summed E-state index contributed by atoms with van der Waals surface area (Å²) in [5.74, 6) is -1.11. The van der Waals surface area contributed by atoms with E-state index in [0.717, 1.165) is 11.1 Å². The van der Waals surface area contributed by atoms with Crippen molar-refractivity contribution in [2.75, 3.05) is 4.90 Å². The fourth-order valence-electron chi connectivity index (χ4n) is 2.93. The first-order valence-electron chi connectivity index (χ1n) is 8.23. The maximum atomic E-state index is 13.0. The van der Waals surface area contributed by atoms with Gasteiger partial charge in [-0.15, -0.1) is 0 Å². The van der Waals surface area contributed by atoms with Crippen molar-refractivity contribution in [3.8, 4) is 5.75 Å². The van der Waals surface area contributed by atoms with Crippen LogP contribution in [0.3, 0.4) is 0 Å². The lowest BCUT2D eigenvalue weighted by Crippen LogP contribution is -2.48. The average Bonchev–Trinajstić information content (AvgIpc) is 2.59. The van der Waals surface area contributed by atoms with Crippen LogP contribution in [0, 0.1) is 6.92 Å². The summed E-state index contributed by atoms with van der Waals surface area (Å²) in [7, 11) is 0. The van der Waals surface area contributed by atoms with E-state index in [2.05, 4.69) is 0 Å². The Morgan fingerprint density at radius 1 is 1.31 bits per heavy atom. The molecule has 1 unspecified atom stereocenters. The number of benzene rings is 2. The zero-order valence-electron chi connectivity index (χ0n) is 14.4.